The Morgan fingerprint density at radius 2 is 1.89 bits per heavy atom. The van der Waals surface area contributed by atoms with Crippen molar-refractivity contribution >= 4 is 35.2 Å². The first-order valence-electron chi connectivity index (χ1n) is 9.24. The molecule has 1 rings (SSSR count). The van der Waals surface area contributed by atoms with Gasteiger partial charge in [-0.2, -0.15) is 0 Å². The van der Waals surface area contributed by atoms with Crippen molar-refractivity contribution in [2.24, 2.45) is 5.14 Å². The molecule has 2 unspecified atom stereocenters. The number of hydrogen-bond acceptors (Lipinski definition) is 3. The lowest BCUT2D eigenvalue weighted by molar-refractivity contribution is 0.189. The first kappa shape index (κ1) is 24.9. The van der Waals surface area contributed by atoms with E-state index in [4.69, 9.17) is 9.56 Å². The Hall–Kier alpha value is -0.153. The number of hydrogen-bond donors (Lipinski definition) is 1. The number of pyridine rings is 1. The molecule has 0 fully saturated rings. The van der Waals surface area contributed by atoms with E-state index in [0.29, 0.717) is 23.3 Å². The quantitative estimate of drug-likeness (QED) is 0.376. The summed E-state index contributed by atoms with van der Waals surface area (Å²) < 4.78 is 33.3. The monoisotopic (exact) mass is 480 g/mol. The van der Waals surface area contributed by atoms with Crippen molar-refractivity contribution in [2.45, 2.75) is 82.4 Å². The summed E-state index contributed by atoms with van der Waals surface area (Å²) in [6.07, 6.45) is -0.529. The average Bonchev–Trinajstić information content (AvgIpc) is 2.51. The molecule has 0 amide bonds. The van der Waals surface area contributed by atoms with E-state index in [-0.39, 0.29) is 11.5 Å². The van der Waals surface area contributed by atoms with Gasteiger partial charge in [0.25, 0.3) is 0 Å². The van der Waals surface area contributed by atoms with Crippen LogP contribution in [0.2, 0.25) is 18.1 Å². The Labute approximate surface area is 175 Å². The molecule has 0 radical (unpaired) electrons. The van der Waals surface area contributed by atoms with Crippen molar-refractivity contribution in [1.29, 1.82) is 0 Å². The minimum Gasteiger partial charge on any atom is -0.417 e. The van der Waals surface area contributed by atoms with Crippen molar-refractivity contribution in [3.63, 3.8) is 0 Å². The lowest BCUT2D eigenvalue weighted by Gasteiger charge is -2.36. The second-order valence-corrected chi connectivity index (χ2v) is 16.5. The summed E-state index contributed by atoms with van der Waals surface area (Å²) in [5.74, 6) is -0.493. The van der Waals surface area contributed by atoms with Crippen LogP contribution in [0.5, 0.6) is 0 Å². The smallest absolute Gasteiger partial charge is 0.191 e. The van der Waals surface area contributed by atoms with Crippen molar-refractivity contribution in [3.8, 4) is 0 Å². The maximum atomic E-state index is 15.3. The fourth-order valence-electron chi connectivity index (χ4n) is 2.50. The zero-order valence-corrected chi connectivity index (χ0v) is 20.9. The highest BCUT2D eigenvalue weighted by molar-refractivity contribution is 9.10. The van der Waals surface area contributed by atoms with E-state index < -0.39 is 36.1 Å². The predicted octanol–water partition coefficient (Wildman–Crippen LogP) is 5.47. The molecule has 1 heterocycles. The van der Waals surface area contributed by atoms with Gasteiger partial charge in [0, 0.05) is 24.6 Å². The molecule has 0 spiro atoms. The van der Waals surface area contributed by atoms with Crippen LogP contribution in [0.15, 0.2) is 22.8 Å². The van der Waals surface area contributed by atoms with Crippen LogP contribution in [0.25, 0.3) is 0 Å². The van der Waals surface area contributed by atoms with Gasteiger partial charge in [0.2, 0.25) is 0 Å². The number of halogens is 2. The normalized spacial score (nSPS) is 16.8. The van der Waals surface area contributed by atoms with Gasteiger partial charge in [0.15, 0.2) is 8.32 Å². The van der Waals surface area contributed by atoms with Crippen molar-refractivity contribution in [3.05, 3.63) is 28.5 Å². The lowest BCUT2D eigenvalue weighted by Crippen LogP contribution is -2.41. The maximum Gasteiger partial charge on any atom is 0.191 e. The number of rotatable bonds is 9. The van der Waals surface area contributed by atoms with Gasteiger partial charge in [0.1, 0.15) is 10.8 Å². The SMILES string of the molecule is CC(C)(C[C@@H](c1cccc(Br)n1)C(F)CCO[Si](C)(C)C(C)(C)C)S(N)=O. The summed E-state index contributed by atoms with van der Waals surface area (Å²) in [4.78, 5) is 4.44. The number of aromatic nitrogens is 1. The highest BCUT2D eigenvalue weighted by atomic mass is 79.9. The summed E-state index contributed by atoms with van der Waals surface area (Å²) in [7, 11) is -3.47. The van der Waals surface area contributed by atoms with Crippen LogP contribution in [0.4, 0.5) is 4.39 Å². The van der Waals surface area contributed by atoms with E-state index in [0.717, 1.165) is 0 Å². The van der Waals surface area contributed by atoms with E-state index >= 15 is 4.39 Å². The standard InChI is InChI=1S/C19H34BrFN2O2SSi/c1-18(2,3)27(6,7)25-12-11-15(21)14(13-19(4,5)26(22)24)16-9-8-10-17(20)23-16/h8-10,14-15H,11-13,22H2,1-7H3/t14-,15?,26?/m1/s1. The van der Waals surface area contributed by atoms with Crippen LogP contribution in [-0.4, -0.2) is 35.0 Å². The second-order valence-electron chi connectivity index (χ2n) is 9.17. The minimum atomic E-state index is -1.92. The molecule has 0 saturated carbocycles. The van der Waals surface area contributed by atoms with Crippen LogP contribution in [-0.2, 0) is 15.4 Å². The van der Waals surface area contributed by atoms with Gasteiger partial charge in [0.05, 0.1) is 15.7 Å². The van der Waals surface area contributed by atoms with E-state index in [1.54, 1.807) is 19.9 Å². The average molecular weight is 482 g/mol. The molecule has 0 aliphatic carbocycles. The Kier molecular flexibility index (Phi) is 8.81. The molecular formula is C19H34BrFN2O2SSi. The first-order valence-corrected chi connectivity index (χ1v) is 14.2. The Morgan fingerprint density at radius 3 is 2.37 bits per heavy atom. The highest BCUT2D eigenvalue weighted by Crippen LogP contribution is 2.38. The lowest BCUT2D eigenvalue weighted by atomic mass is 9.88. The molecule has 1 aromatic heterocycles. The van der Waals surface area contributed by atoms with Crippen molar-refractivity contribution < 1.29 is 13.0 Å². The number of nitrogens with two attached hydrogens (primary N) is 1. The van der Waals surface area contributed by atoms with Gasteiger partial charge in [-0.1, -0.05) is 26.8 Å². The maximum absolute atomic E-state index is 15.3. The zero-order valence-electron chi connectivity index (χ0n) is 17.5. The third-order valence-electron chi connectivity index (χ3n) is 5.47. The van der Waals surface area contributed by atoms with Gasteiger partial charge in [-0.05, 0) is 66.5 Å². The third kappa shape index (κ3) is 7.31. The molecule has 3 atom stereocenters. The molecule has 4 nitrogen and oxygen atoms in total. The van der Waals surface area contributed by atoms with Crippen LogP contribution in [0.3, 0.4) is 0 Å². The molecule has 0 saturated heterocycles. The molecule has 2 N–H and O–H groups in total. The van der Waals surface area contributed by atoms with E-state index in [1.165, 1.54) is 0 Å². The Bertz CT molecular complexity index is 653. The Balaban J connectivity index is 2.94. The van der Waals surface area contributed by atoms with Crippen molar-refractivity contribution in [2.75, 3.05) is 6.61 Å². The molecule has 0 bridgehead atoms. The fourth-order valence-corrected chi connectivity index (χ4v) is 4.27. The van der Waals surface area contributed by atoms with Crippen LogP contribution in [0, 0.1) is 0 Å². The van der Waals surface area contributed by atoms with Crippen LogP contribution >= 0.6 is 15.9 Å². The second kappa shape index (κ2) is 9.56. The van der Waals surface area contributed by atoms with Crippen molar-refractivity contribution in [1.82, 2.24) is 4.98 Å². The third-order valence-corrected chi connectivity index (χ3v) is 11.7. The zero-order chi connectivity index (χ0) is 21.0. The molecule has 8 heteroatoms. The van der Waals surface area contributed by atoms with E-state index in [9.17, 15) is 4.21 Å². The Morgan fingerprint density at radius 1 is 1.30 bits per heavy atom. The summed E-state index contributed by atoms with van der Waals surface area (Å²) in [6.45, 7) is 14.8. The minimum absolute atomic E-state index is 0.0858. The predicted molar refractivity (Wildman–Crippen MR) is 118 cm³/mol. The van der Waals surface area contributed by atoms with Gasteiger partial charge < -0.3 is 4.43 Å². The number of alkyl halides is 1. The van der Waals surface area contributed by atoms with Gasteiger partial charge >= 0.3 is 0 Å². The van der Waals surface area contributed by atoms with Gasteiger partial charge in [-0.25, -0.2) is 13.6 Å². The molecule has 1 aromatic rings. The summed E-state index contributed by atoms with van der Waals surface area (Å²) in [5, 5.41) is 5.72. The first-order chi connectivity index (χ1) is 12.2. The largest absolute Gasteiger partial charge is 0.417 e. The molecule has 0 aromatic carbocycles. The van der Waals surface area contributed by atoms with E-state index in [1.807, 2.05) is 12.1 Å². The summed E-state index contributed by atoms with van der Waals surface area (Å²) >= 11 is 3.35. The molecular weight excluding hydrogens is 447 g/mol. The molecule has 0 aliphatic heterocycles. The van der Waals surface area contributed by atoms with E-state index in [2.05, 4.69) is 54.8 Å². The highest BCUT2D eigenvalue weighted by Gasteiger charge is 2.38. The van der Waals surface area contributed by atoms with Crippen LogP contribution < -0.4 is 5.14 Å². The molecule has 27 heavy (non-hydrogen) atoms. The number of nitrogens with zero attached hydrogens (tertiary/aromatic N) is 1. The van der Waals surface area contributed by atoms with Gasteiger partial charge in [-0.15, -0.1) is 0 Å². The topological polar surface area (TPSA) is 65.2 Å². The van der Waals surface area contributed by atoms with Crippen LogP contribution in [0.1, 0.15) is 59.1 Å². The summed E-state index contributed by atoms with van der Waals surface area (Å²) in [5.41, 5.74) is 0.641. The summed E-state index contributed by atoms with van der Waals surface area (Å²) in [6, 6.07) is 5.46. The fraction of sp³-hybridized carbons (Fsp3) is 0.737. The molecule has 156 valence electrons. The van der Waals surface area contributed by atoms with Gasteiger partial charge in [-0.3, -0.25) is 5.14 Å². The molecule has 0 aliphatic rings.